The molecule has 0 radical (unpaired) electrons. The average Bonchev–Trinajstić information content (AvgIpc) is 3.38. The summed E-state index contributed by atoms with van der Waals surface area (Å²) in [6.07, 6.45) is 0.600. The van der Waals surface area contributed by atoms with Crippen LogP contribution < -0.4 is 25.0 Å². The number of fused-ring (bicyclic) bond motifs is 2. The number of carbonyl (C=O) groups excluding carboxylic acids is 1. The number of rotatable bonds is 14. The summed E-state index contributed by atoms with van der Waals surface area (Å²) in [6.45, 7) is 3.42. The van der Waals surface area contributed by atoms with E-state index in [1.807, 2.05) is 0 Å². The van der Waals surface area contributed by atoms with Crippen molar-refractivity contribution in [1.82, 2.24) is 0 Å². The SMILES string of the molecule is CCc1cc(Cl)c(N=Nc2c(O)c(C(=O)Nc3ccccc3OC)cc3ccccc23)cc1S(=O)(=O)O.CCc1cc(Cl)c(N=Nc2c([O-])c(C([O-])=Nc3ccccc3OC)cc3ccccc23)cc1S(=O)(=O)O.[Ba+2]. The number of aliphatic imine (C=N–C) groups is 1. The zero-order valence-corrected chi connectivity index (χ0v) is 47.7. The van der Waals surface area contributed by atoms with Crippen LogP contribution >= 0.6 is 23.2 Å². The van der Waals surface area contributed by atoms with Gasteiger partial charge in [0.05, 0.1) is 51.0 Å². The molecule has 8 aromatic rings. The molecule has 0 saturated heterocycles. The minimum Gasteiger partial charge on any atom is -0.871 e. The summed E-state index contributed by atoms with van der Waals surface area (Å²) < 4.78 is 77.0. The van der Waals surface area contributed by atoms with Crippen molar-refractivity contribution in [3.63, 3.8) is 0 Å². The molecular weight excluding hydrogens is 1170 g/mol. The van der Waals surface area contributed by atoms with E-state index < -0.39 is 43.5 Å². The van der Waals surface area contributed by atoms with Gasteiger partial charge < -0.3 is 30.1 Å². The normalized spacial score (nSPS) is 11.9. The fourth-order valence-electron chi connectivity index (χ4n) is 7.55. The Balaban J connectivity index is 0.000000241. The molecule has 0 bridgehead atoms. The number of nitrogens with one attached hydrogen (secondary N) is 1. The molecule has 380 valence electrons. The molecule has 0 aliphatic heterocycles. The van der Waals surface area contributed by atoms with Gasteiger partial charge >= 0.3 is 48.9 Å². The van der Waals surface area contributed by atoms with Crippen LogP contribution in [0.2, 0.25) is 10.0 Å². The second-order valence-electron chi connectivity index (χ2n) is 15.8. The van der Waals surface area contributed by atoms with Gasteiger partial charge in [0.2, 0.25) is 0 Å². The van der Waals surface area contributed by atoms with Crippen LogP contribution in [0.1, 0.15) is 40.9 Å². The first-order valence-electron chi connectivity index (χ1n) is 22.0. The van der Waals surface area contributed by atoms with Crippen LogP contribution in [0.3, 0.4) is 0 Å². The van der Waals surface area contributed by atoms with Gasteiger partial charge in [-0.3, -0.25) is 18.9 Å². The first-order chi connectivity index (χ1) is 35.3. The average molecular weight is 1220 g/mol. The minimum atomic E-state index is -4.55. The molecule has 0 saturated carbocycles. The summed E-state index contributed by atoms with van der Waals surface area (Å²) in [7, 11) is -6.17. The predicted octanol–water partition coefficient (Wildman–Crippen LogP) is 11.5. The molecule has 0 unspecified atom stereocenters. The maximum atomic E-state index is 13.4. The van der Waals surface area contributed by atoms with E-state index in [-0.39, 0.29) is 108 Å². The molecule has 0 atom stereocenters. The zero-order chi connectivity index (χ0) is 53.5. The zero-order valence-electron chi connectivity index (χ0n) is 40.1. The van der Waals surface area contributed by atoms with Crippen LogP contribution in [0.5, 0.6) is 23.0 Å². The first-order valence-corrected chi connectivity index (χ1v) is 25.7. The molecule has 0 spiro atoms. The second-order valence-corrected chi connectivity index (χ2v) is 19.4. The number of amides is 1. The number of anilines is 1. The van der Waals surface area contributed by atoms with Crippen molar-refractivity contribution < 1.29 is 55.5 Å². The van der Waals surface area contributed by atoms with E-state index in [0.29, 0.717) is 62.7 Å². The Hall–Kier alpha value is -6.41. The number of aryl methyl sites for hydroxylation is 2. The van der Waals surface area contributed by atoms with Crippen LogP contribution in [0.15, 0.2) is 169 Å². The number of azo groups is 2. The molecule has 0 aliphatic carbocycles. The molecule has 0 fully saturated rings. The van der Waals surface area contributed by atoms with Gasteiger partial charge in [0.1, 0.15) is 34.2 Å². The van der Waals surface area contributed by atoms with Crippen molar-refractivity contribution in [2.45, 2.75) is 36.5 Å². The summed E-state index contributed by atoms with van der Waals surface area (Å²) in [5.41, 5.74) is 0.686. The fraction of sp³-hybridized carbons (Fsp3) is 0.115. The van der Waals surface area contributed by atoms with Crippen molar-refractivity contribution in [3.05, 3.63) is 166 Å². The van der Waals surface area contributed by atoms with Crippen LogP contribution in [-0.4, -0.2) is 106 Å². The Morgan fingerprint density at radius 3 is 1.59 bits per heavy atom. The standard InChI is InChI=1S/2C26H22ClN3O6S.Ba/c2*1-3-15-13-19(27)21(14-23(15)37(33,34)35)29-30-24-17-9-5-4-8-16(17)12-18(25(24)31)26(32)28-20-10-6-7-11-22(20)36-2;/h2*4-14,31H,3H2,1-2H3,(H,28,32)(H,33,34,35);/q;;+2/p-2. The maximum Gasteiger partial charge on any atom is 2.00 e. The predicted molar refractivity (Wildman–Crippen MR) is 285 cm³/mol. The molecule has 23 heteroatoms. The molecule has 4 N–H and O–H groups in total. The Kier molecular flexibility index (Phi) is 19.3. The Morgan fingerprint density at radius 1 is 0.613 bits per heavy atom. The fourth-order valence-corrected chi connectivity index (χ4v) is 9.59. The van der Waals surface area contributed by atoms with Gasteiger partial charge in [-0.05, 0) is 107 Å². The number of carbonyl (C=O) groups is 1. The number of benzene rings is 8. The molecular formula is C52H42BaCl2N6O12S2. The van der Waals surface area contributed by atoms with Gasteiger partial charge in [-0.1, -0.05) is 116 Å². The number of ether oxygens (including phenoxy) is 2. The topological polar surface area (TPSA) is 284 Å². The number of phenolic OH excluding ortho intramolecular Hbond substituents is 1. The third-order valence-electron chi connectivity index (χ3n) is 11.2. The van der Waals surface area contributed by atoms with Crippen molar-refractivity contribution in [2.75, 3.05) is 19.5 Å². The van der Waals surface area contributed by atoms with Crippen molar-refractivity contribution in [3.8, 4) is 23.0 Å². The second kappa shape index (κ2) is 25.0. The van der Waals surface area contributed by atoms with E-state index in [2.05, 4.69) is 30.8 Å². The van der Waals surface area contributed by atoms with E-state index >= 15 is 0 Å². The molecule has 75 heavy (non-hydrogen) atoms. The largest absolute Gasteiger partial charge is 2.00 e. The quantitative estimate of drug-likeness (QED) is 0.0260. The smallest absolute Gasteiger partial charge is 0.871 e. The molecule has 8 rings (SSSR count). The Labute approximate surface area is 481 Å². The van der Waals surface area contributed by atoms with Crippen LogP contribution in [0.4, 0.5) is 34.1 Å². The Bertz CT molecular complexity index is 3830. The van der Waals surface area contributed by atoms with Crippen LogP contribution in [0, 0.1) is 0 Å². The summed E-state index contributed by atoms with van der Waals surface area (Å²) >= 11 is 12.6. The third-order valence-corrected chi connectivity index (χ3v) is 13.7. The van der Waals surface area contributed by atoms with Gasteiger partial charge in [-0.25, -0.2) is 0 Å². The number of hydrogen-bond acceptors (Lipinski definition) is 15. The first kappa shape index (κ1) is 57.9. The number of para-hydroxylation sites is 4. The summed E-state index contributed by atoms with van der Waals surface area (Å²) in [5, 5.41) is 58.7. The Morgan fingerprint density at radius 2 is 1.07 bits per heavy atom. The molecule has 1 amide bonds. The number of halogens is 2. The molecule has 0 aliphatic rings. The van der Waals surface area contributed by atoms with E-state index in [1.165, 1.54) is 38.5 Å². The number of aromatic hydroxyl groups is 1. The molecule has 0 aromatic heterocycles. The monoisotopic (exact) mass is 1210 g/mol. The van der Waals surface area contributed by atoms with E-state index in [0.717, 1.165) is 12.1 Å². The van der Waals surface area contributed by atoms with Crippen LogP contribution in [0.25, 0.3) is 21.5 Å². The number of nitrogens with zero attached hydrogens (tertiary/aromatic N) is 5. The van der Waals surface area contributed by atoms with Gasteiger partial charge in [-0.2, -0.15) is 21.9 Å². The molecule has 8 aromatic carbocycles. The van der Waals surface area contributed by atoms with E-state index in [9.17, 15) is 46.1 Å². The van der Waals surface area contributed by atoms with Gasteiger partial charge in [0.15, 0.2) is 5.75 Å². The summed E-state index contributed by atoms with van der Waals surface area (Å²) in [4.78, 5) is 16.5. The number of hydrogen-bond donors (Lipinski definition) is 4. The molecule has 0 heterocycles. The number of methoxy groups -OCH3 is 2. The molecule has 18 nitrogen and oxygen atoms in total. The van der Waals surface area contributed by atoms with Crippen molar-refractivity contribution in [1.29, 1.82) is 0 Å². The van der Waals surface area contributed by atoms with Gasteiger partial charge in [0.25, 0.3) is 26.1 Å². The number of phenols is 1. The van der Waals surface area contributed by atoms with Crippen LogP contribution in [-0.2, 0) is 33.1 Å². The van der Waals surface area contributed by atoms with E-state index in [4.69, 9.17) is 32.7 Å². The maximum absolute atomic E-state index is 13.4. The van der Waals surface area contributed by atoms with Crippen molar-refractivity contribution in [2.24, 2.45) is 25.4 Å². The van der Waals surface area contributed by atoms with Gasteiger partial charge in [-0.15, -0.1) is 15.3 Å². The summed E-state index contributed by atoms with van der Waals surface area (Å²) in [6, 6.07) is 35.0. The minimum absolute atomic E-state index is 0. The van der Waals surface area contributed by atoms with Gasteiger partial charge in [0, 0.05) is 10.8 Å². The van der Waals surface area contributed by atoms with E-state index in [1.54, 1.807) is 111 Å². The van der Waals surface area contributed by atoms with Crippen molar-refractivity contribution >= 4 is 160 Å². The summed E-state index contributed by atoms with van der Waals surface area (Å²) in [5.74, 6) is -1.76. The third kappa shape index (κ3) is 13.3.